The molecule has 0 unspecified atom stereocenters. The maximum atomic E-state index is 12.3. The summed E-state index contributed by atoms with van der Waals surface area (Å²) in [7, 11) is 0. The van der Waals surface area contributed by atoms with E-state index in [2.05, 4.69) is 5.32 Å². The minimum Gasteiger partial charge on any atom is -0.330 e. The molecule has 0 saturated heterocycles. The maximum Gasteiger partial charge on any atom is 0.398 e. The first-order valence-electron chi connectivity index (χ1n) is 6.12. The summed E-state index contributed by atoms with van der Waals surface area (Å²) in [5, 5.41) is 2.64. The quantitative estimate of drug-likeness (QED) is 0.774. The lowest BCUT2D eigenvalue weighted by atomic mass is 10.2. The average molecular weight is 343 g/mol. The molecule has 0 saturated carbocycles. The van der Waals surface area contributed by atoms with Crippen LogP contribution in [0.25, 0.3) is 0 Å². The van der Waals surface area contributed by atoms with Crippen molar-refractivity contribution in [2.45, 2.75) is 30.8 Å². The predicted octanol–water partition coefficient (Wildman–Crippen LogP) is 3.75. The van der Waals surface area contributed by atoms with Crippen molar-refractivity contribution in [1.82, 2.24) is 0 Å². The van der Waals surface area contributed by atoms with Gasteiger partial charge in [-0.05, 0) is 37.6 Å². The number of halogens is 4. The van der Waals surface area contributed by atoms with Gasteiger partial charge in [-0.25, -0.2) is 0 Å². The molecule has 0 aromatic heterocycles. The first-order valence-corrected chi connectivity index (χ1v) is 7.10. The van der Waals surface area contributed by atoms with Crippen LogP contribution in [0, 0.1) is 6.92 Å². The number of amides is 1. The fourth-order valence-electron chi connectivity index (χ4n) is 1.50. The van der Waals surface area contributed by atoms with Crippen LogP contribution < -0.4 is 11.1 Å². The summed E-state index contributed by atoms with van der Waals surface area (Å²) < 4.78 is 36.8. The first-order chi connectivity index (χ1) is 9.31. The minimum absolute atomic E-state index is 0. The van der Waals surface area contributed by atoms with Crippen molar-refractivity contribution in [1.29, 1.82) is 0 Å². The molecule has 0 bridgehead atoms. The predicted molar refractivity (Wildman–Crippen MR) is 82.1 cm³/mol. The largest absolute Gasteiger partial charge is 0.398 e. The Bertz CT molecular complexity index is 469. The Morgan fingerprint density at radius 2 is 2.05 bits per heavy atom. The van der Waals surface area contributed by atoms with E-state index >= 15 is 0 Å². The molecule has 3 N–H and O–H groups in total. The van der Waals surface area contributed by atoms with E-state index in [0.717, 1.165) is 5.56 Å². The van der Waals surface area contributed by atoms with Crippen molar-refractivity contribution in [3.05, 3.63) is 23.8 Å². The Labute approximate surface area is 132 Å². The van der Waals surface area contributed by atoms with Crippen LogP contribution in [-0.4, -0.2) is 24.4 Å². The Hall–Kier alpha value is -0.920. The number of thioether (sulfide) groups is 1. The van der Waals surface area contributed by atoms with Gasteiger partial charge in [0.25, 0.3) is 0 Å². The number of rotatable bonds is 6. The number of carbonyl (C=O) groups excluding carboxylic acids is 1. The molecule has 1 aromatic rings. The number of carbonyl (C=O) groups is 1. The van der Waals surface area contributed by atoms with Gasteiger partial charge in [-0.1, -0.05) is 6.07 Å². The molecule has 0 fully saturated rings. The molecule has 8 heteroatoms. The monoisotopic (exact) mass is 342 g/mol. The topological polar surface area (TPSA) is 55.1 Å². The van der Waals surface area contributed by atoms with E-state index in [1.165, 1.54) is 0 Å². The average Bonchev–Trinajstić information content (AvgIpc) is 2.34. The summed E-state index contributed by atoms with van der Waals surface area (Å²) in [4.78, 5) is 12.0. The zero-order chi connectivity index (χ0) is 15.2. The molecule has 0 atom stereocenters. The van der Waals surface area contributed by atoms with Gasteiger partial charge in [-0.3, -0.25) is 4.79 Å². The van der Waals surface area contributed by atoms with Gasteiger partial charge in [0.15, 0.2) is 0 Å². The summed E-state index contributed by atoms with van der Waals surface area (Å²) in [5.74, 6) is -1.23. The summed E-state index contributed by atoms with van der Waals surface area (Å²) in [6.45, 7) is 2.21. The van der Waals surface area contributed by atoms with Crippen molar-refractivity contribution < 1.29 is 18.0 Å². The molecule has 0 radical (unpaired) electrons. The second-order valence-corrected chi connectivity index (χ2v) is 5.36. The number of nitrogens with two attached hydrogens (primary N) is 1. The SMILES string of the molecule is Cc1ccc(SCC(F)(F)F)c(NC(=O)CCCN)c1.Cl. The number of benzene rings is 1. The number of hydrogen-bond acceptors (Lipinski definition) is 3. The number of anilines is 1. The lowest BCUT2D eigenvalue weighted by Crippen LogP contribution is -2.15. The van der Waals surface area contributed by atoms with Crippen molar-refractivity contribution >= 4 is 35.8 Å². The van der Waals surface area contributed by atoms with Gasteiger partial charge >= 0.3 is 6.18 Å². The Balaban J connectivity index is 0.00000400. The van der Waals surface area contributed by atoms with Crippen molar-refractivity contribution in [2.24, 2.45) is 5.73 Å². The molecule has 0 aliphatic rings. The Kier molecular flexibility index (Phi) is 8.77. The molecule has 21 heavy (non-hydrogen) atoms. The highest BCUT2D eigenvalue weighted by molar-refractivity contribution is 7.99. The molecular formula is C13H18ClF3N2OS. The molecule has 1 amide bonds. The zero-order valence-corrected chi connectivity index (χ0v) is 13.1. The highest BCUT2D eigenvalue weighted by Gasteiger charge is 2.27. The smallest absolute Gasteiger partial charge is 0.330 e. The molecule has 1 rings (SSSR count). The van der Waals surface area contributed by atoms with Crippen LogP contribution in [0.5, 0.6) is 0 Å². The molecule has 1 aromatic carbocycles. The van der Waals surface area contributed by atoms with Crippen LogP contribution in [0.1, 0.15) is 18.4 Å². The van der Waals surface area contributed by atoms with Gasteiger partial charge in [0, 0.05) is 11.3 Å². The number of aryl methyl sites for hydroxylation is 1. The van der Waals surface area contributed by atoms with E-state index in [-0.39, 0.29) is 24.7 Å². The summed E-state index contributed by atoms with van der Waals surface area (Å²) >= 11 is 0.664. The lowest BCUT2D eigenvalue weighted by molar-refractivity contribution is -0.116. The van der Waals surface area contributed by atoms with Crippen molar-refractivity contribution in [2.75, 3.05) is 17.6 Å². The second-order valence-electron chi connectivity index (χ2n) is 4.34. The Morgan fingerprint density at radius 3 is 2.62 bits per heavy atom. The van der Waals surface area contributed by atoms with Crippen molar-refractivity contribution in [3.63, 3.8) is 0 Å². The van der Waals surface area contributed by atoms with Gasteiger partial charge < -0.3 is 11.1 Å². The summed E-state index contributed by atoms with van der Waals surface area (Å²) in [6.07, 6.45) is -3.44. The molecule has 120 valence electrons. The molecule has 0 aliphatic carbocycles. The summed E-state index contributed by atoms with van der Waals surface area (Å²) in [5.41, 5.74) is 6.60. The minimum atomic E-state index is -4.24. The molecule has 3 nitrogen and oxygen atoms in total. The standard InChI is InChI=1S/C13H17F3N2OS.ClH/c1-9-4-5-11(20-8-13(14,15)16)10(7-9)18-12(19)3-2-6-17;/h4-5,7H,2-3,6,8,17H2,1H3,(H,18,19);1H. The lowest BCUT2D eigenvalue weighted by Gasteiger charge is -2.13. The van der Waals surface area contributed by atoms with Crippen LogP contribution in [0.4, 0.5) is 18.9 Å². The molecular weight excluding hydrogens is 325 g/mol. The first kappa shape index (κ1) is 20.1. The highest BCUT2D eigenvalue weighted by Crippen LogP contribution is 2.32. The van der Waals surface area contributed by atoms with Crippen LogP contribution in [0.3, 0.4) is 0 Å². The number of nitrogens with one attached hydrogen (secondary N) is 1. The Morgan fingerprint density at radius 1 is 1.38 bits per heavy atom. The van der Waals surface area contributed by atoms with E-state index in [9.17, 15) is 18.0 Å². The second kappa shape index (κ2) is 9.17. The number of hydrogen-bond donors (Lipinski definition) is 2. The zero-order valence-electron chi connectivity index (χ0n) is 11.5. The highest BCUT2D eigenvalue weighted by atomic mass is 35.5. The fourth-order valence-corrected chi connectivity index (χ4v) is 2.25. The van der Waals surface area contributed by atoms with Gasteiger partial charge in [-0.15, -0.1) is 24.2 Å². The van der Waals surface area contributed by atoms with Crippen LogP contribution >= 0.6 is 24.2 Å². The van der Waals surface area contributed by atoms with Crippen LogP contribution in [0.2, 0.25) is 0 Å². The third kappa shape index (κ3) is 8.18. The maximum absolute atomic E-state index is 12.3. The third-order valence-corrected chi connectivity index (χ3v) is 3.55. The van der Waals surface area contributed by atoms with E-state index in [1.54, 1.807) is 18.2 Å². The van der Waals surface area contributed by atoms with E-state index in [4.69, 9.17) is 5.73 Å². The van der Waals surface area contributed by atoms with Crippen molar-refractivity contribution in [3.8, 4) is 0 Å². The van der Waals surface area contributed by atoms with Gasteiger partial charge in [-0.2, -0.15) is 13.2 Å². The van der Waals surface area contributed by atoms with E-state index in [0.29, 0.717) is 35.3 Å². The molecule has 0 aliphatic heterocycles. The fraction of sp³-hybridized carbons (Fsp3) is 0.462. The van der Waals surface area contributed by atoms with Gasteiger partial charge in [0.2, 0.25) is 5.91 Å². The normalized spacial score (nSPS) is 10.9. The van der Waals surface area contributed by atoms with E-state index < -0.39 is 11.9 Å². The number of alkyl halides is 3. The van der Waals surface area contributed by atoms with Crippen LogP contribution in [-0.2, 0) is 4.79 Å². The molecule has 0 spiro atoms. The van der Waals surface area contributed by atoms with Crippen LogP contribution in [0.15, 0.2) is 23.1 Å². The van der Waals surface area contributed by atoms with Gasteiger partial charge in [0.05, 0.1) is 11.4 Å². The van der Waals surface area contributed by atoms with Gasteiger partial charge in [0.1, 0.15) is 0 Å². The summed E-state index contributed by atoms with van der Waals surface area (Å²) in [6, 6.07) is 4.97. The van der Waals surface area contributed by atoms with E-state index in [1.807, 2.05) is 6.92 Å². The molecule has 0 heterocycles. The third-order valence-electron chi connectivity index (χ3n) is 2.41.